The molecular formula is C16H14N8O. The molecule has 4 aromatic heterocycles. The molecule has 0 aliphatic carbocycles. The molecule has 4 heterocycles. The van der Waals surface area contributed by atoms with Crippen LogP contribution in [0.15, 0.2) is 66.1 Å². The van der Waals surface area contributed by atoms with Gasteiger partial charge in [-0.15, -0.1) is 0 Å². The lowest BCUT2D eigenvalue weighted by Gasteiger charge is -2.10. The third kappa shape index (κ3) is 3.02. The molecule has 9 heteroatoms. The van der Waals surface area contributed by atoms with E-state index in [9.17, 15) is 4.79 Å². The minimum atomic E-state index is -0.405. The molecule has 0 aromatic carbocycles. The van der Waals surface area contributed by atoms with E-state index in [1.165, 1.54) is 4.57 Å². The van der Waals surface area contributed by atoms with Crippen molar-refractivity contribution in [2.75, 3.05) is 5.73 Å². The number of aromatic nitrogens is 7. The van der Waals surface area contributed by atoms with Gasteiger partial charge in [-0.25, -0.2) is 19.1 Å². The Bertz CT molecular complexity index is 998. The van der Waals surface area contributed by atoms with Gasteiger partial charge in [-0.1, -0.05) is 0 Å². The molecule has 0 saturated carbocycles. The second-order valence-electron chi connectivity index (χ2n) is 5.36. The summed E-state index contributed by atoms with van der Waals surface area (Å²) in [7, 11) is 0. The monoisotopic (exact) mass is 334 g/mol. The molecule has 9 nitrogen and oxygen atoms in total. The van der Waals surface area contributed by atoms with Gasteiger partial charge in [-0.2, -0.15) is 15.2 Å². The lowest BCUT2D eigenvalue weighted by atomic mass is 10.2. The second-order valence-corrected chi connectivity index (χ2v) is 5.36. The van der Waals surface area contributed by atoms with E-state index in [-0.39, 0.29) is 5.82 Å². The topological polar surface area (TPSA) is 109 Å². The maximum atomic E-state index is 12.0. The number of nitrogen functional groups attached to an aromatic ring is 1. The highest BCUT2D eigenvalue weighted by Gasteiger charge is 2.09. The Balaban J connectivity index is 1.80. The summed E-state index contributed by atoms with van der Waals surface area (Å²) in [5.41, 5.74) is 6.00. The Morgan fingerprint density at radius 3 is 2.08 bits per heavy atom. The van der Waals surface area contributed by atoms with E-state index in [0.29, 0.717) is 18.2 Å². The van der Waals surface area contributed by atoms with Gasteiger partial charge in [-0.3, -0.25) is 4.57 Å². The standard InChI is InChI=1S/C16H14N8O/c17-13-3-8-22(16(25)20-13)11-12-9-14(23-6-1-4-18-23)21-15(10-12)24-7-2-5-19-24/h1-10H,11H2,(H2,17,20,25). The van der Waals surface area contributed by atoms with Gasteiger partial charge in [0.1, 0.15) is 5.82 Å². The Hall–Kier alpha value is -3.75. The first kappa shape index (κ1) is 14.8. The highest BCUT2D eigenvalue weighted by atomic mass is 16.1. The first-order chi connectivity index (χ1) is 12.2. The SMILES string of the molecule is Nc1ccn(Cc2cc(-n3cccn3)nc(-n3cccn3)c2)c(=O)n1. The molecule has 0 atom stereocenters. The number of nitrogens with zero attached hydrogens (tertiary/aromatic N) is 7. The summed E-state index contributed by atoms with van der Waals surface area (Å²) >= 11 is 0. The van der Waals surface area contributed by atoms with E-state index in [0.717, 1.165) is 5.56 Å². The van der Waals surface area contributed by atoms with Gasteiger partial charge >= 0.3 is 5.69 Å². The van der Waals surface area contributed by atoms with Crippen LogP contribution in [0.25, 0.3) is 11.6 Å². The van der Waals surface area contributed by atoms with Crippen LogP contribution in [0.5, 0.6) is 0 Å². The maximum absolute atomic E-state index is 12.0. The molecule has 0 radical (unpaired) electrons. The van der Waals surface area contributed by atoms with Gasteiger partial charge in [0.15, 0.2) is 11.6 Å². The van der Waals surface area contributed by atoms with Crippen LogP contribution in [-0.4, -0.2) is 34.1 Å². The highest BCUT2D eigenvalue weighted by Crippen LogP contribution is 2.14. The molecule has 0 amide bonds. The van der Waals surface area contributed by atoms with Crippen molar-refractivity contribution in [2.45, 2.75) is 6.54 Å². The predicted molar refractivity (Wildman–Crippen MR) is 90.5 cm³/mol. The predicted octanol–water partition coefficient (Wildman–Crippen LogP) is 0.640. The number of rotatable bonds is 4. The Labute approximate surface area is 142 Å². The lowest BCUT2D eigenvalue weighted by Crippen LogP contribution is -2.23. The zero-order valence-corrected chi connectivity index (χ0v) is 13.1. The summed E-state index contributed by atoms with van der Waals surface area (Å²) in [6, 6.07) is 8.95. The molecule has 0 aliphatic heterocycles. The minimum Gasteiger partial charge on any atom is -0.383 e. The molecule has 124 valence electrons. The summed E-state index contributed by atoms with van der Waals surface area (Å²) in [5, 5.41) is 8.43. The Morgan fingerprint density at radius 2 is 1.56 bits per heavy atom. The molecule has 4 rings (SSSR count). The van der Waals surface area contributed by atoms with E-state index in [1.807, 2.05) is 24.3 Å². The second kappa shape index (κ2) is 6.04. The van der Waals surface area contributed by atoms with Crippen LogP contribution in [0.4, 0.5) is 5.82 Å². The molecule has 0 saturated heterocycles. The lowest BCUT2D eigenvalue weighted by molar-refractivity contribution is 0.721. The number of nitrogens with two attached hydrogens (primary N) is 1. The quantitative estimate of drug-likeness (QED) is 0.586. The number of hydrogen-bond acceptors (Lipinski definition) is 6. The van der Waals surface area contributed by atoms with E-state index >= 15 is 0 Å². The van der Waals surface area contributed by atoms with E-state index in [1.54, 1.807) is 46.4 Å². The Morgan fingerprint density at radius 1 is 0.920 bits per heavy atom. The fraction of sp³-hybridized carbons (Fsp3) is 0.0625. The number of pyridine rings is 1. The summed E-state index contributed by atoms with van der Waals surface area (Å²) in [6.45, 7) is 0.331. The minimum absolute atomic E-state index is 0.199. The summed E-state index contributed by atoms with van der Waals surface area (Å²) in [6.07, 6.45) is 8.57. The van der Waals surface area contributed by atoms with Crippen LogP contribution in [0, 0.1) is 0 Å². The summed E-state index contributed by atoms with van der Waals surface area (Å²) < 4.78 is 4.78. The molecule has 0 spiro atoms. The summed E-state index contributed by atoms with van der Waals surface area (Å²) in [5.74, 6) is 1.46. The largest absolute Gasteiger partial charge is 0.383 e. The van der Waals surface area contributed by atoms with Gasteiger partial charge in [0, 0.05) is 31.0 Å². The van der Waals surface area contributed by atoms with Crippen LogP contribution in [0.2, 0.25) is 0 Å². The molecule has 4 aromatic rings. The van der Waals surface area contributed by atoms with Crippen molar-refractivity contribution in [2.24, 2.45) is 0 Å². The molecule has 25 heavy (non-hydrogen) atoms. The molecule has 0 fully saturated rings. The fourth-order valence-electron chi connectivity index (χ4n) is 2.45. The van der Waals surface area contributed by atoms with Crippen LogP contribution in [-0.2, 0) is 6.54 Å². The van der Waals surface area contributed by atoms with Crippen LogP contribution in [0.1, 0.15) is 5.56 Å². The molecule has 0 bridgehead atoms. The van der Waals surface area contributed by atoms with E-state index < -0.39 is 5.69 Å². The summed E-state index contributed by atoms with van der Waals surface area (Å²) in [4.78, 5) is 20.3. The van der Waals surface area contributed by atoms with Crippen LogP contribution >= 0.6 is 0 Å². The average molecular weight is 334 g/mol. The molecule has 2 N–H and O–H groups in total. The number of anilines is 1. The van der Waals surface area contributed by atoms with Crippen molar-refractivity contribution in [3.05, 3.63) is 77.4 Å². The smallest absolute Gasteiger partial charge is 0.349 e. The Kier molecular flexibility index (Phi) is 3.58. The zero-order chi connectivity index (χ0) is 17.2. The normalized spacial score (nSPS) is 10.9. The third-order valence-corrected chi connectivity index (χ3v) is 3.58. The average Bonchev–Trinajstić information content (AvgIpc) is 3.31. The van der Waals surface area contributed by atoms with Crippen molar-refractivity contribution in [1.82, 2.24) is 34.1 Å². The highest BCUT2D eigenvalue weighted by molar-refractivity contribution is 5.37. The van der Waals surface area contributed by atoms with Crippen molar-refractivity contribution in [1.29, 1.82) is 0 Å². The zero-order valence-electron chi connectivity index (χ0n) is 13.1. The molecule has 0 unspecified atom stereocenters. The van der Waals surface area contributed by atoms with E-state index in [4.69, 9.17) is 5.73 Å². The van der Waals surface area contributed by atoms with Gasteiger partial charge < -0.3 is 5.73 Å². The van der Waals surface area contributed by atoms with Crippen LogP contribution < -0.4 is 11.4 Å². The van der Waals surface area contributed by atoms with Gasteiger partial charge in [0.2, 0.25) is 0 Å². The molecular weight excluding hydrogens is 320 g/mol. The third-order valence-electron chi connectivity index (χ3n) is 3.58. The number of hydrogen-bond donors (Lipinski definition) is 1. The first-order valence-corrected chi connectivity index (χ1v) is 7.53. The van der Waals surface area contributed by atoms with Gasteiger partial charge in [0.05, 0.1) is 6.54 Å². The van der Waals surface area contributed by atoms with Crippen molar-refractivity contribution < 1.29 is 0 Å². The maximum Gasteiger partial charge on any atom is 0.349 e. The van der Waals surface area contributed by atoms with Gasteiger partial charge in [0.25, 0.3) is 0 Å². The van der Waals surface area contributed by atoms with Gasteiger partial charge in [-0.05, 0) is 35.9 Å². The van der Waals surface area contributed by atoms with Crippen molar-refractivity contribution in [3.63, 3.8) is 0 Å². The molecule has 0 aliphatic rings. The van der Waals surface area contributed by atoms with Crippen molar-refractivity contribution in [3.8, 4) is 11.6 Å². The fourth-order valence-corrected chi connectivity index (χ4v) is 2.45. The first-order valence-electron chi connectivity index (χ1n) is 7.53. The van der Waals surface area contributed by atoms with Crippen LogP contribution in [0.3, 0.4) is 0 Å². The van der Waals surface area contributed by atoms with Crippen molar-refractivity contribution >= 4 is 5.82 Å². The van der Waals surface area contributed by atoms with E-state index in [2.05, 4.69) is 20.2 Å².